The maximum atomic E-state index is 10.2. The van der Waals surface area contributed by atoms with Crippen molar-refractivity contribution in [3.05, 3.63) is 18.2 Å². The summed E-state index contributed by atoms with van der Waals surface area (Å²) in [6.45, 7) is 17.7. The first-order chi connectivity index (χ1) is 14.1. The Labute approximate surface area is 185 Å². The molecule has 3 unspecified atom stereocenters. The zero-order valence-corrected chi connectivity index (χ0v) is 20.9. The van der Waals surface area contributed by atoms with Crippen molar-refractivity contribution in [1.29, 1.82) is 0 Å². The lowest BCUT2D eigenvalue weighted by Gasteiger charge is -2.26. The Hall–Kier alpha value is -1.36. The van der Waals surface area contributed by atoms with Crippen LogP contribution in [0.1, 0.15) is 112 Å². The second-order valence-corrected chi connectivity index (χ2v) is 9.49. The number of H-pyrrole nitrogens is 1. The summed E-state index contributed by atoms with van der Waals surface area (Å²) in [4.78, 5) is 17.6. The molecule has 1 saturated heterocycles. The van der Waals surface area contributed by atoms with Gasteiger partial charge in [-0.2, -0.15) is 0 Å². The van der Waals surface area contributed by atoms with E-state index in [1.807, 2.05) is 27.0 Å². The topological polar surface area (TPSA) is 64.2 Å². The molecule has 176 valence electrons. The molecular formula is C25H48N2O3. The number of ether oxygens (including phenoxy) is 2. The van der Waals surface area contributed by atoms with Crippen LogP contribution in [0.25, 0.3) is 0 Å². The van der Waals surface area contributed by atoms with Crippen molar-refractivity contribution in [2.24, 2.45) is 11.8 Å². The minimum atomic E-state index is -0.328. The SMILES string of the molecule is CC(=O)OC(C)(C)C.CCC(C)CC1CCCC(c2cnc[nH]2)COC1.CCCC. The summed E-state index contributed by atoms with van der Waals surface area (Å²) in [5.41, 5.74) is 0.904. The number of esters is 1. The maximum Gasteiger partial charge on any atom is 0.303 e. The Morgan fingerprint density at radius 2 is 1.90 bits per heavy atom. The van der Waals surface area contributed by atoms with E-state index >= 15 is 0 Å². The van der Waals surface area contributed by atoms with E-state index in [9.17, 15) is 4.79 Å². The molecule has 0 radical (unpaired) electrons. The monoisotopic (exact) mass is 424 g/mol. The van der Waals surface area contributed by atoms with Gasteiger partial charge in [-0.05, 0) is 51.9 Å². The molecule has 0 bridgehead atoms. The molecule has 1 aromatic rings. The first-order valence-corrected chi connectivity index (χ1v) is 11.9. The standard InChI is InChI=1S/C15H26N2O.C6H12O2.C4H10/c1-3-12(2)7-13-5-4-6-14(10-18-9-13)15-8-16-11-17-15;1-5(7)8-6(2,3)4;1-3-4-2/h8,11-14H,3-7,9-10H2,1-2H3,(H,16,17);1-4H3;3-4H2,1-2H3. The van der Waals surface area contributed by atoms with Crippen molar-refractivity contribution >= 4 is 5.97 Å². The van der Waals surface area contributed by atoms with Crippen LogP contribution in [0.2, 0.25) is 0 Å². The number of aromatic amines is 1. The molecule has 5 heteroatoms. The van der Waals surface area contributed by atoms with E-state index in [2.05, 4.69) is 37.7 Å². The Balaban J connectivity index is 0.000000585. The number of unbranched alkanes of at least 4 members (excludes halogenated alkanes) is 1. The summed E-state index contributed by atoms with van der Waals surface area (Å²) < 4.78 is 10.7. The van der Waals surface area contributed by atoms with Crippen molar-refractivity contribution in [1.82, 2.24) is 9.97 Å². The smallest absolute Gasteiger partial charge is 0.303 e. The van der Waals surface area contributed by atoms with E-state index in [1.165, 1.54) is 57.6 Å². The van der Waals surface area contributed by atoms with Crippen LogP contribution in [0.4, 0.5) is 0 Å². The molecule has 0 aliphatic carbocycles. The van der Waals surface area contributed by atoms with Crippen molar-refractivity contribution in [2.45, 2.75) is 112 Å². The lowest BCUT2D eigenvalue weighted by atomic mass is 9.88. The first kappa shape index (κ1) is 28.6. The van der Waals surface area contributed by atoms with Crippen LogP contribution in [0.5, 0.6) is 0 Å². The highest BCUT2D eigenvalue weighted by Crippen LogP contribution is 2.28. The average Bonchev–Trinajstić information content (AvgIpc) is 3.16. The molecule has 5 nitrogen and oxygen atoms in total. The molecule has 2 heterocycles. The van der Waals surface area contributed by atoms with Crippen molar-refractivity contribution in [3.63, 3.8) is 0 Å². The maximum absolute atomic E-state index is 10.2. The zero-order valence-electron chi connectivity index (χ0n) is 20.9. The van der Waals surface area contributed by atoms with Gasteiger partial charge in [-0.1, -0.05) is 53.4 Å². The van der Waals surface area contributed by atoms with E-state index in [1.54, 1.807) is 6.33 Å². The lowest BCUT2D eigenvalue weighted by Crippen LogP contribution is -2.21. The Morgan fingerprint density at radius 1 is 1.23 bits per heavy atom. The summed E-state index contributed by atoms with van der Waals surface area (Å²) in [5, 5.41) is 0. The fourth-order valence-electron chi connectivity index (χ4n) is 3.28. The van der Waals surface area contributed by atoms with Crippen LogP contribution in [0.3, 0.4) is 0 Å². The molecule has 1 aliphatic heterocycles. The number of aromatic nitrogens is 2. The fraction of sp³-hybridized carbons (Fsp3) is 0.840. The number of hydrogen-bond acceptors (Lipinski definition) is 4. The predicted molar refractivity (Wildman–Crippen MR) is 126 cm³/mol. The Bertz CT molecular complexity index is 511. The van der Waals surface area contributed by atoms with Crippen LogP contribution in [0.15, 0.2) is 12.5 Å². The van der Waals surface area contributed by atoms with Gasteiger partial charge in [-0.3, -0.25) is 4.79 Å². The first-order valence-electron chi connectivity index (χ1n) is 11.9. The largest absolute Gasteiger partial charge is 0.460 e. The van der Waals surface area contributed by atoms with E-state index in [4.69, 9.17) is 9.47 Å². The second-order valence-electron chi connectivity index (χ2n) is 9.49. The van der Waals surface area contributed by atoms with E-state index in [0.29, 0.717) is 5.92 Å². The van der Waals surface area contributed by atoms with Crippen LogP contribution in [0, 0.1) is 11.8 Å². The summed E-state index contributed by atoms with van der Waals surface area (Å²) in [5.74, 6) is 1.89. The number of nitrogens with one attached hydrogen (secondary N) is 1. The van der Waals surface area contributed by atoms with Crippen molar-refractivity contribution in [3.8, 4) is 0 Å². The molecule has 1 fully saturated rings. The zero-order chi connectivity index (χ0) is 23.0. The van der Waals surface area contributed by atoms with Gasteiger partial charge >= 0.3 is 5.97 Å². The third kappa shape index (κ3) is 15.5. The number of carbonyl (C=O) groups excluding carboxylic acids is 1. The highest BCUT2D eigenvalue weighted by molar-refractivity contribution is 5.66. The molecule has 1 N–H and O–H groups in total. The minimum Gasteiger partial charge on any atom is -0.460 e. The predicted octanol–water partition coefficient (Wildman–Crippen LogP) is 6.90. The summed E-state index contributed by atoms with van der Waals surface area (Å²) in [7, 11) is 0. The van der Waals surface area contributed by atoms with Crippen molar-refractivity contribution < 1.29 is 14.3 Å². The van der Waals surface area contributed by atoms with Crippen LogP contribution < -0.4 is 0 Å². The van der Waals surface area contributed by atoms with E-state index in [0.717, 1.165) is 25.0 Å². The minimum absolute atomic E-state index is 0.225. The fourth-order valence-corrected chi connectivity index (χ4v) is 3.28. The molecular weight excluding hydrogens is 376 g/mol. The number of carbonyl (C=O) groups is 1. The number of hydrogen-bond donors (Lipinski definition) is 1. The van der Waals surface area contributed by atoms with Crippen LogP contribution in [-0.2, 0) is 14.3 Å². The highest BCUT2D eigenvalue weighted by Gasteiger charge is 2.20. The van der Waals surface area contributed by atoms with Crippen molar-refractivity contribution in [2.75, 3.05) is 13.2 Å². The molecule has 30 heavy (non-hydrogen) atoms. The molecule has 2 rings (SSSR count). The molecule has 3 atom stereocenters. The molecule has 1 aliphatic rings. The van der Waals surface area contributed by atoms with Gasteiger partial charge in [-0.25, -0.2) is 4.98 Å². The Morgan fingerprint density at radius 3 is 2.33 bits per heavy atom. The third-order valence-electron chi connectivity index (χ3n) is 5.18. The third-order valence-corrected chi connectivity index (χ3v) is 5.18. The average molecular weight is 425 g/mol. The summed E-state index contributed by atoms with van der Waals surface area (Å²) >= 11 is 0. The summed E-state index contributed by atoms with van der Waals surface area (Å²) in [6, 6.07) is 0. The normalized spacial score (nSPS) is 20.4. The second kappa shape index (κ2) is 16.3. The molecule has 0 saturated carbocycles. The quantitative estimate of drug-likeness (QED) is 0.522. The number of nitrogens with zero attached hydrogens (tertiary/aromatic N) is 1. The van der Waals surface area contributed by atoms with Crippen LogP contribution >= 0.6 is 0 Å². The van der Waals surface area contributed by atoms with Gasteiger partial charge in [0.1, 0.15) is 5.60 Å². The van der Waals surface area contributed by atoms with Gasteiger partial charge in [0.25, 0.3) is 0 Å². The summed E-state index contributed by atoms with van der Waals surface area (Å²) in [6.07, 6.45) is 12.8. The molecule has 0 aromatic carbocycles. The Kier molecular flexibility index (Phi) is 15.6. The van der Waals surface area contributed by atoms with Gasteiger partial charge in [0.2, 0.25) is 0 Å². The molecule has 0 spiro atoms. The van der Waals surface area contributed by atoms with Gasteiger partial charge in [0, 0.05) is 31.3 Å². The van der Waals surface area contributed by atoms with Gasteiger partial charge in [-0.15, -0.1) is 0 Å². The number of imidazole rings is 1. The van der Waals surface area contributed by atoms with Crippen LogP contribution in [-0.4, -0.2) is 34.8 Å². The lowest BCUT2D eigenvalue weighted by molar-refractivity contribution is -0.151. The van der Waals surface area contributed by atoms with Gasteiger partial charge in [0.05, 0.1) is 12.9 Å². The molecule has 0 amide bonds. The van der Waals surface area contributed by atoms with Gasteiger partial charge in [0.15, 0.2) is 0 Å². The highest BCUT2D eigenvalue weighted by atomic mass is 16.6. The number of rotatable bonds is 5. The van der Waals surface area contributed by atoms with E-state index < -0.39 is 0 Å². The van der Waals surface area contributed by atoms with Gasteiger partial charge < -0.3 is 14.5 Å². The van der Waals surface area contributed by atoms with E-state index in [-0.39, 0.29) is 11.6 Å². The molecule has 1 aromatic heterocycles.